The van der Waals surface area contributed by atoms with Crippen LogP contribution in [0.2, 0.25) is 10.0 Å². The number of aromatic carboxylic acids is 1. The van der Waals surface area contributed by atoms with Crippen molar-refractivity contribution in [2.45, 2.75) is 14.9 Å². The molecule has 0 saturated heterocycles. The number of carbonyl (C=O) groups is 2. The Morgan fingerprint density at radius 3 is 1.49 bits per heavy atom. The average Bonchev–Trinajstić information content (AvgIpc) is 3.83. The lowest BCUT2D eigenvalue weighted by Crippen LogP contribution is -2.12. The van der Waals surface area contributed by atoms with E-state index in [2.05, 4.69) is 35.9 Å². The van der Waals surface area contributed by atoms with Gasteiger partial charge in [0.25, 0.3) is 5.91 Å². The molecular weight excluding hydrogens is 954 g/mol. The van der Waals surface area contributed by atoms with Crippen molar-refractivity contribution < 1.29 is 42.4 Å². The Balaban J connectivity index is 0.000000242. The van der Waals surface area contributed by atoms with Crippen LogP contribution in [0.1, 0.15) is 34.2 Å². The van der Waals surface area contributed by atoms with Gasteiger partial charge in [-0.2, -0.15) is 0 Å². The summed E-state index contributed by atoms with van der Waals surface area (Å²) >= 11 is 13.7. The first-order chi connectivity index (χ1) is 31.1. The van der Waals surface area contributed by atoms with Gasteiger partial charge in [0.15, 0.2) is 23.0 Å². The molecule has 0 fully saturated rings. The number of nitrogens with two attached hydrogens (primary N) is 3. The van der Waals surface area contributed by atoms with Crippen molar-refractivity contribution >= 4 is 124 Å². The zero-order valence-electron chi connectivity index (χ0n) is 34.3. The molecule has 67 heavy (non-hydrogen) atoms. The molecule has 4 aromatic carbocycles. The predicted octanol–water partition coefficient (Wildman–Crippen LogP) is 11.1. The maximum atomic E-state index is 13.5. The second-order valence-corrected chi connectivity index (χ2v) is 15.8. The topological polar surface area (TPSA) is 257 Å². The maximum absolute atomic E-state index is 13.5. The lowest BCUT2D eigenvalue weighted by Gasteiger charge is -2.10. The van der Waals surface area contributed by atoms with Gasteiger partial charge in [-0.25, -0.2) is 33.5 Å². The van der Waals surface area contributed by atoms with E-state index in [1.807, 2.05) is 0 Å². The van der Waals surface area contributed by atoms with Gasteiger partial charge >= 0.3 is 5.97 Å². The fourth-order valence-electron chi connectivity index (χ4n) is 5.80. The van der Waals surface area contributed by atoms with Crippen LogP contribution in [-0.4, -0.2) is 65.4 Å². The smallest absolute Gasteiger partial charge is 0.348 e. The molecule has 23 heteroatoms. The number of fused-ring (bicyclic) bond motifs is 2. The lowest BCUT2D eigenvalue weighted by atomic mass is 10.2. The van der Waals surface area contributed by atoms with E-state index in [-0.39, 0.29) is 46.0 Å². The second kappa shape index (κ2) is 23.1. The van der Waals surface area contributed by atoms with Crippen molar-refractivity contribution in [1.29, 1.82) is 0 Å². The summed E-state index contributed by atoms with van der Waals surface area (Å²) in [7, 11) is 6.21. The molecule has 0 unspecified atom stereocenters. The first-order valence-corrected chi connectivity index (χ1v) is 20.8. The molecule has 8 aromatic rings. The molecule has 0 aliphatic heterocycles. The fraction of sp³-hybridized carbons (Fsp3) is 0.136. The molecule has 1 amide bonds. The molecule has 0 saturated carbocycles. The Labute approximate surface area is 400 Å². The molecule has 0 bridgehead atoms. The first-order valence-electron chi connectivity index (χ1n) is 18.4. The van der Waals surface area contributed by atoms with Crippen molar-refractivity contribution in [3.05, 3.63) is 117 Å². The molecule has 4 aromatic heterocycles. The third kappa shape index (κ3) is 12.1. The zero-order chi connectivity index (χ0) is 46.9. The van der Waals surface area contributed by atoms with Gasteiger partial charge in [0.2, 0.25) is 0 Å². The van der Waals surface area contributed by atoms with Crippen LogP contribution >= 0.6 is 45.9 Å². The average molecular weight is 998 g/mol. The minimum absolute atomic E-state index is 0. The highest BCUT2D eigenvalue weighted by Crippen LogP contribution is 2.39. The number of rotatable bonds is 11. The van der Waals surface area contributed by atoms with Crippen molar-refractivity contribution in [1.82, 2.24) is 19.9 Å². The number of halogens is 4. The molecule has 352 valence electrons. The van der Waals surface area contributed by atoms with E-state index in [9.17, 15) is 18.4 Å². The molecular formula is C44H44Cl2F2N10O7S2. The van der Waals surface area contributed by atoms with Crippen molar-refractivity contribution in [2.24, 2.45) is 0 Å². The molecule has 0 atom stereocenters. The van der Waals surface area contributed by atoms with Crippen LogP contribution in [0.15, 0.2) is 85.5 Å². The van der Waals surface area contributed by atoms with Gasteiger partial charge in [-0.3, -0.25) is 4.79 Å². The number of anilines is 8. The minimum atomic E-state index is -1.13. The number of thiophene rings is 2. The number of benzene rings is 4. The first kappa shape index (κ1) is 52.2. The third-order valence-electron chi connectivity index (χ3n) is 8.86. The summed E-state index contributed by atoms with van der Waals surface area (Å²) < 4.78 is 47.1. The van der Waals surface area contributed by atoms with Crippen LogP contribution in [0.3, 0.4) is 0 Å². The second-order valence-electron chi connectivity index (χ2n) is 12.9. The summed E-state index contributed by atoms with van der Waals surface area (Å²) in [6, 6.07) is 18.5. The summed E-state index contributed by atoms with van der Waals surface area (Å²) in [4.78, 5) is 41.8. The largest absolute Gasteiger partial charge is 0.493 e. The number of ether oxygens (including phenoxy) is 4. The number of hydrogen-bond donors (Lipinski definition) is 7. The summed E-state index contributed by atoms with van der Waals surface area (Å²) in [6.45, 7) is 0. The van der Waals surface area contributed by atoms with Crippen LogP contribution in [0, 0.1) is 11.6 Å². The van der Waals surface area contributed by atoms with Gasteiger partial charge in [-0.1, -0.05) is 38.1 Å². The molecule has 10 N–H and O–H groups in total. The number of nitrogens with one attached hydrogen (secondary N) is 3. The number of carbonyl (C=O) groups excluding carboxylic acids is 1. The molecule has 4 heterocycles. The van der Waals surface area contributed by atoms with E-state index in [1.54, 1.807) is 50.6 Å². The van der Waals surface area contributed by atoms with Crippen molar-refractivity contribution in [3.63, 3.8) is 0 Å². The van der Waals surface area contributed by atoms with E-state index in [0.29, 0.717) is 77.8 Å². The number of amides is 1. The van der Waals surface area contributed by atoms with Crippen molar-refractivity contribution in [3.8, 4) is 23.0 Å². The van der Waals surface area contributed by atoms with E-state index < -0.39 is 23.5 Å². The predicted molar refractivity (Wildman–Crippen MR) is 265 cm³/mol. The summed E-state index contributed by atoms with van der Waals surface area (Å²) in [5, 5.41) is 18.7. The Hall–Kier alpha value is -7.46. The van der Waals surface area contributed by atoms with Crippen LogP contribution in [0.4, 0.5) is 54.5 Å². The number of carboxylic acids is 1. The van der Waals surface area contributed by atoms with Crippen LogP contribution in [-0.2, 0) is 0 Å². The quantitative estimate of drug-likeness (QED) is 0.0595. The SMILES string of the molecule is C.C.COc1ccc(N)cc1OC.COc1ccc(NC(=O)c2sc3ncnc(Nc4ccc(F)c(Cl)c4)c3c2N)cc1OC.Nc1c(C(=O)O)sc2ncnc(Nc3ccc(F)c(Cl)c3)c12. The number of nitrogen functional groups attached to an aromatic ring is 3. The molecule has 0 spiro atoms. The van der Waals surface area contributed by atoms with E-state index in [1.165, 1.54) is 63.3 Å². The van der Waals surface area contributed by atoms with E-state index >= 15 is 0 Å². The number of hydrogen-bond acceptors (Lipinski definition) is 17. The standard InChI is InChI=1S/C21H17ClFN5O3S.C13H8ClFN4O2S.C8H11NO2.2CH4/c1-30-14-6-4-11(8-15(14)31-2)28-20(29)18-17(24)16-19(25-9-26-21(16)32-18)27-10-3-5-13(23)12(22)7-10;14-6-3-5(1-2-7(6)15)19-11-8-9(16)10(13(20)21)22-12(8)18-4-17-11;1-10-7-4-3-6(9)5-8(7)11-2;;/h3-9H,24H2,1-2H3,(H,28,29)(H,25,26,27);1-4H,16H2,(H,20,21)(H,17,18,19);3-5H,9H2,1-2H3;2*1H4. The van der Waals surface area contributed by atoms with E-state index in [4.69, 9.17) is 64.5 Å². The number of carboxylic acid groups (broad SMARTS) is 1. The normalized spacial score (nSPS) is 10.2. The van der Waals surface area contributed by atoms with Gasteiger partial charge in [-0.05, 0) is 60.7 Å². The highest BCUT2D eigenvalue weighted by Gasteiger charge is 2.22. The number of methoxy groups -OCH3 is 4. The van der Waals surface area contributed by atoms with E-state index in [0.717, 1.165) is 22.7 Å². The Bertz CT molecular complexity index is 3050. The van der Waals surface area contributed by atoms with Crippen LogP contribution < -0.4 is 52.1 Å². The molecule has 0 aliphatic rings. The van der Waals surface area contributed by atoms with Gasteiger partial charge in [-0.15, -0.1) is 22.7 Å². The lowest BCUT2D eigenvalue weighted by molar-refractivity contribution is 0.0703. The third-order valence-corrected chi connectivity index (χ3v) is 11.7. The Kier molecular flexibility index (Phi) is 18.0. The molecule has 8 rings (SSSR count). The van der Waals surface area contributed by atoms with Crippen LogP contribution in [0.5, 0.6) is 23.0 Å². The van der Waals surface area contributed by atoms with Gasteiger partial charge in [0.05, 0.1) is 60.6 Å². The number of nitrogens with zero attached hydrogens (tertiary/aromatic N) is 4. The highest BCUT2D eigenvalue weighted by atomic mass is 35.5. The summed E-state index contributed by atoms with van der Waals surface area (Å²) in [6.07, 6.45) is 2.64. The fourth-order valence-corrected chi connectivity index (χ4v) is 8.02. The van der Waals surface area contributed by atoms with Crippen molar-refractivity contribution in [2.75, 3.05) is 61.6 Å². The van der Waals surface area contributed by atoms with Gasteiger partial charge < -0.3 is 57.2 Å². The van der Waals surface area contributed by atoms with Gasteiger partial charge in [0.1, 0.15) is 55.3 Å². The summed E-state index contributed by atoms with van der Waals surface area (Å²) in [5.74, 6) is 0.464. The molecule has 0 radical (unpaired) electrons. The maximum Gasteiger partial charge on any atom is 0.348 e. The minimum Gasteiger partial charge on any atom is -0.493 e. The zero-order valence-corrected chi connectivity index (χ0v) is 37.5. The molecule has 0 aliphatic carbocycles. The highest BCUT2D eigenvalue weighted by molar-refractivity contribution is 7.21. The molecule has 17 nitrogen and oxygen atoms in total. The van der Waals surface area contributed by atoms with Crippen LogP contribution in [0.25, 0.3) is 20.4 Å². The Morgan fingerprint density at radius 2 is 1.03 bits per heavy atom. The summed E-state index contributed by atoms with van der Waals surface area (Å²) in [5.41, 5.74) is 20.2. The number of aromatic nitrogens is 4. The van der Waals surface area contributed by atoms with Gasteiger partial charge in [0, 0.05) is 34.9 Å². The Morgan fingerprint density at radius 1 is 0.597 bits per heavy atom. The monoisotopic (exact) mass is 996 g/mol.